The second-order valence-electron chi connectivity index (χ2n) is 6.48. The predicted molar refractivity (Wildman–Crippen MR) is 107 cm³/mol. The Morgan fingerprint density at radius 3 is 2.32 bits per heavy atom. The van der Waals surface area contributed by atoms with Gasteiger partial charge in [0.2, 0.25) is 5.91 Å². The van der Waals surface area contributed by atoms with Crippen LogP contribution in [0.15, 0.2) is 48.5 Å². The molecule has 0 bridgehead atoms. The summed E-state index contributed by atoms with van der Waals surface area (Å²) in [5.41, 5.74) is 1.75. The Bertz CT molecular complexity index is 823. The van der Waals surface area contributed by atoms with Crippen LogP contribution in [0.2, 0.25) is 5.02 Å². The van der Waals surface area contributed by atoms with Crippen molar-refractivity contribution in [2.45, 2.75) is 6.54 Å². The summed E-state index contributed by atoms with van der Waals surface area (Å²) in [5, 5.41) is 5.96. The number of amides is 3. The van der Waals surface area contributed by atoms with Crippen LogP contribution in [0.1, 0.15) is 5.56 Å². The molecule has 28 heavy (non-hydrogen) atoms. The van der Waals surface area contributed by atoms with Crippen LogP contribution in [0.25, 0.3) is 0 Å². The molecule has 8 heteroatoms. The van der Waals surface area contributed by atoms with Crippen molar-refractivity contribution in [1.29, 1.82) is 0 Å². The lowest BCUT2D eigenvalue weighted by Crippen LogP contribution is -2.53. The molecule has 0 saturated carbocycles. The molecule has 148 valence electrons. The van der Waals surface area contributed by atoms with E-state index < -0.39 is 0 Å². The molecule has 0 unspecified atom stereocenters. The number of nitrogens with zero attached hydrogens (tertiary/aromatic N) is 2. The molecule has 1 aliphatic rings. The average molecular weight is 405 g/mol. The van der Waals surface area contributed by atoms with Gasteiger partial charge in [-0.25, -0.2) is 9.18 Å². The van der Waals surface area contributed by atoms with Crippen molar-refractivity contribution in [3.63, 3.8) is 0 Å². The van der Waals surface area contributed by atoms with Crippen LogP contribution in [0.3, 0.4) is 0 Å². The highest BCUT2D eigenvalue weighted by Gasteiger charge is 2.21. The topological polar surface area (TPSA) is 64.7 Å². The Labute approximate surface area is 168 Å². The summed E-state index contributed by atoms with van der Waals surface area (Å²) in [4.78, 5) is 28.0. The summed E-state index contributed by atoms with van der Waals surface area (Å²) in [7, 11) is 0. The van der Waals surface area contributed by atoms with Crippen molar-refractivity contribution >= 4 is 29.2 Å². The van der Waals surface area contributed by atoms with E-state index in [0.29, 0.717) is 37.7 Å². The molecule has 6 nitrogen and oxygen atoms in total. The summed E-state index contributed by atoms with van der Waals surface area (Å²) in [6.07, 6.45) is 0. The summed E-state index contributed by atoms with van der Waals surface area (Å²) >= 11 is 6.05. The maximum absolute atomic E-state index is 13.0. The van der Waals surface area contributed by atoms with Gasteiger partial charge in [0.05, 0.1) is 6.54 Å². The minimum atomic E-state index is -0.279. The normalized spacial score (nSPS) is 13.9. The van der Waals surface area contributed by atoms with E-state index in [1.807, 2.05) is 18.2 Å². The number of carbonyl (C=O) groups is 2. The molecule has 2 aromatic rings. The quantitative estimate of drug-likeness (QED) is 0.805. The van der Waals surface area contributed by atoms with Gasteiger partial charge in [0.1, 0.15) is 5.82 Å². The molecule has 0 radical (unpaired) electrons. The minimum absolute atomic E-state index is 0.0958. The van der Waals surface area contributed by atoms with E-state index in [1.54, 1.807) is 23.1 Å². The predicted octanol–water partition coefficient (Wildman–Crippen LogP) is 2.63. The highest BCUT2D eigenvalue weighted by Crippen LogP contribution is 2.17. The third-order valence-electron chi connectivity index (χ3n) is 4.59. The van der Waals surface area contributed by atoms with Crippen molar-refractivity contribution in [1.82, 2.24) is 15.5 Å². The molecule has 0 atom stereocenters. The van der Waals surface area contributed by atoms with E-state index in [1.165, 1.54) is 12.1 Å². The van der Waals surface area contributed by atoms with Gasteiger partial charge in [0.25, 0.3) is 0 Å². The second-order valence-corrected chi connectivity index (χ2v) is 6.88. The first-order valence-corrected chi connectivity index (χ1v) is 9.44. The molecule has 0 spiro atoms. The number of piperazine rings is 1. The van der Waals surface area contributed by atoms with Gasteiger partial charge in [0.15, 0.2) is 0 Å². The number of anilines is 1. The van der Waals surface area contributed by atoms with Gasteiger partial charge in [-0.1, -0.05) is 29.8 Å². The molecule has 1 aliphatic heterocycles. The number of hydrogen-bond acceptors (Lipinski definition) is 3. The number of rotatable bonds is 5. The molecule has 3 amide bonds. The van der Waals surface area contributed by atoms with Crippen molar-refractivity contribution in [2.24, 2.45) is 0 Å². The smallest absolute Gasteiger partial charge is 0.317 e. The highest BCUT2D eigenvalue weighted by molar-refractivity contribution is 6.31. The van der Waals surface area contributed by atoms with E-state index in [4.69, 9.17) is 11.6 Å². The Morgan fingerprint density at radius 2 is 1.64 bits per heavy atom. The van der Waals surface area contributed by atoms with Crippen LogP contribution in [0.4, 0.5) is 14.9 Å². The Hall–Kier alpha value is -2.80. The minimum Gasteiger partial charge on any atom is -0.368 e. The van der Waals surface area contributed by atoms with E-state index in [2.05, 4.69) is 15.5 Å². The van der Waals surface area contributed by atoms with Crippen molar-refractivity contribution in [2.75, 3.05) is 37.6 Å². The zero-order valence-electron chi connectivity index (χ0n) is 15.3. The fraction of sp³-hybridized carbons (Fsp3) is 0.300. The summed E-state index contributed by atoms with van der Waals surface area (Å²) in [5.74, 6) is -0.548. The van der Waals surface area contributed by atoms with Crippen molar-refractivity contribution in [3.05, 3.63) is 64.9 Å². The van der Waals surface area contributed by atoms with Crippen molar-refractivity contribution < 1.29 is 14.0 Å². The number of nitrogens with one attached hydrogen (secondary N) is 2. The number of urea groups is 1. The van der Waals surface area contributed by atoms with Gasteiger partial charge in [-0.15, -0.1) is 0 Å². The molecule has 0 aliphatic carbocycles. The molecule has 1 fully saturated rings. The summed E-state index contributed by atoms with van der Waals surface area (Å²) in [6.45, 7) is 2.58. The Morgan fingerprint density at radius 1 is 0.964 bits per heavy atom. The lowest BCUT2D eigenvalue weighted by molar-refractivity contribution is -0.120. The molecule has 2 N–H and O–H groups in total. The fourth-order valence-corrected chi connectivity index (χ4v) is 3.19. The maximum Gasteiger partial charge on any atom is 0.317 e. The van der Waals surface area contributed by atoms with Crippen molar-refractivity contribution in [3.8, 4) is 0 Å². The largest absolute Gasteiger partial charge is 0.368 e. The monoisotopic (exact) mass is 404 g/mol. The van der Waals surface area contributed by atoms with E-state index >= 15 is 0 Å². The van der Waals surface area contributed by atoms with Gasteiger partial charge >= 0.3 is 6.03 Å². The standard InChI is InChI=1S/C20H22ClFN4O2/c21-18-4-2-1-3-15(18)13-23-19(27)14-24-20(28)26-11-9-25(10-12-26)17-7-5-16(22)6-8-17/h1-8H,9-14H2,(H,23,27)(H,24,28). The van der Waals surface area contributed by atoms with Gasteiger partial charge in [-0.3, -0.25) is 4.79 Å². The number of halogens is 2. The first kappa shape index (κ1) is 19.9. The van der Waals surface area contributed by atoms with Crippen LogP contribution in [0.5, 0.6) is 0 Å². The molecule has 0 aromatic heterocycles. The highest BCUT2D eigenvalue weighted by atomic mass is 35.5. The molecular formula is C20H22ClFN4O2. The maximum atomic E-state index is 13.0. The van der Waals surface area contributed by atoms with Crippen LogP contribution in [0, 0.1) is 5.82 Å². The SMILES string of the molecule is O=C(CNC(=O)N1CCN(c2ccc(F)cc2)CC1)NCc1ccccc1Cl. The van der Waals surface area contributed by atoms with Gasteiger partial charge < -0.3 is 20.4 Å². The molecule has 1 heterocycles. The lowest BCUT2D eigenvalue weighted by atomic mass is 10.2. The zero-order chi connectivity index (χ0) is 19.9. The molecule has 3 rings (SSSR count). The van der Waals surface area contributed by atoms with Crippen LogP contribution in [-0.4, -0.2) is 49.6 Å². The molecule has 2 aromatic carbocycles. The van der Waals surface area contributed by atoms with Gasteiger partial charge in [-0.05, 0) is 35.9 Å². The van der Waals surface area contributed by atoms with E-state index in [0.717, 1.165) is 11.3 Å². The van der Waals surface area contributed by atoms with E-state index in [9.17, 15) is 14.0 Å². The zero-order valence-corrected chi connectivity index (χ0v) is 16.1. The fourth-order valence-electron chi connectivity index (χ4n) is 2.99. The number of benzene rings is 2. The van der Waals surface area contributed by atoms with Crippen LogP contribution < -0.4 is 15.5 Å². The first-order valence-electron chi connectivity index (χ1n) is 9.06. The molecule has 1 saturated heterocycles. The average Bonchev–Trinajstić information content (AvgIpc) is 2.72. The van der Waals surface area contributed by atoms with Gasteiger partial charge in [0, 0.05) is 43.4 Å². The number of hydrogen-bond donors (Lipinski definition) is 2. The lowest BCUT2D eigenvalue weighted by Gasteiger charge is -2.36. The Kier molecular flexibility index (Phi) is 6.71. The second kappa shape index (κ2) is 9.41. The summed E-state index contributed by atoms with van der Waals surface area (Å²) < 4.78 is 13.0. The number of carbonyl (C=O) groups excluding carboxylic acids is 2. The van der Waals surface area contributed by atoms with Crippen LogP contribution >= 0.6 is 11.6 Å². The van der Waals surface area contributed by atoms with Crippen LogP contribution in [-0.2, 0) is 11.3 Å². The van der Waals surface area contributed by atoms with E-state index in [-0.39, 0.29) is 24.3 Å². The van der Waals surface area contributed by atoms with Gasteiger partial charge in [-0.2, -0.15) is 0 Å². The first-order chi connectivity index (χ1) is 13.5. The summed E-state index contributed by atoms with van der Waals surface area (Å²) in [6, 6.07) is 13.3. The Balaban J connectivity index is 1.39. The third-order valence-corrected chi connectivity index (χ3v) is 4.96. The third kappa shape index (κ3) is 5.36. The molecular weight excluding hydrogens is 383 g/mol.